The summed E-state index contributed by atoms with van der Waals surface area (Å²) >= 11 is 6.22. The van der Waals surface area contributed by atoms with Crippen molar-refractivity contribution in [2.75, 3.05) is 11.5 Å². The van der Waals surface area contributed by atoms with Gasteiger partial charge in [0.2, 0.25) is 0 Å². The normalized spacial score (nSPS) is 19.4. The molecule has 8 heavy (non-hydrogen) atoms. The highest BCUT2D eigenvalue weighted by atomic mass is 127. The largest absolute Gasteiger partial charge is 0.118 e. The summed E-state index contributed by atoms with van der Waals surface area (Å²) in [7, 11) is 1.77. The van der Waals surface area contributed by atoms with Crippen molar-refractivity contribution in [3.63, 3.8) is 0 Å². The van der Waals surface area contributed by atoms with Crippen molar-refractivity contribution >= 4 is 53.7 Å². The van der Waals surface area contributed by atoms with Gasteiger partial charge >= 0.3 is 0 Å². The third-order valence-corrected chi connectivity index (χ3v) is 4.69. The maximum absolute atomic E-state index is 2.29. The number of halogens is 1. The molecular weight excluding hydrogens is 271 g/mol. The van der Waals surface area contributed by atoms with Crippen molar-refractivity contribution < 1.29 is 0 Å². The van der Waals surface area contributed by atoms with Gasteiger partial charge in [-0.25, -0.2) is 0 Å². The van der Waals surface area contributed by atoms with Gasteiger partial charge < -0.3 is 0 Å². The molecule has 1 aliphatic rings. The molecule has 1 rings (SSSR count). The molecule has 1 heterocycles. The molecule has 0 radical (unpaired) electrons. The average molecular weight is 276 g/mol. The Morgan fingerprint density at radius 2 is 2.12 bits per heavy atom. The fourth-order valence-electron chi connectivity index (χ4n) is 0.431. The predicted octanol–water partition coefficient (Wildman–Crippen LogP) is 3.35. The van der Waals surface area contributed by atoms with Crippen molar-refractivity contribution in [3.8, 4) is 0 Å². The van der Waals surface area contributed by atoms with Crippen molar-refractivity contribution in [2.24, 2.45) is 0 Å². The van der Waals surface area contributed by atoms with Crippen molar-refractivity contribution in [3.05, 3.63) is 9.65 Å². The Labute approximate surface area is 74.2 Å². The van der Waals surface area contributed by atoms with Crippen molar-refractivity contribution in [1.29, 1.82) is 0 Å². The van der Waals surface area contributed by atoms with Gasteiger partial charge in [-0.2, -0.15) is 0 Å². The maximum Gasteiger partial charge on any atom is 0.0472 e. The molecule has 4 heteroatoms. The lowest BCUT2D eigenvalue weighted by atomic mass is 11.0. The number of hydrogen-bond donors (Lipinski definition) is 0. The minimum Gasteiger partial charge on any atom is -0.118 e. The van der Waals surface area contributed by atoms with E-state index in [0.29, 0.717) is 0 Å². The minimum atomic E-state index is 1.30. The quantitative estimate of drug-likeness (QED) is 0.674. The smallest absolute Gasteiger partial charge is 0.0472 e. The van der Waals surface area contributed by atoms with E-state index < -0.39 is 0 Å². The number of hydrogen-bond acceptors (Lipinski definition) is 3. The van der Waals surface area contributed by atoms with Crippen LogP contribution in [0.2, 0.25) is 0 Å². The zero-order chi connectivity index (χ0) is 5.82. The van der Waals surface area contributed by atoms with Gasteiger partial charge in [0.25, 0.3) is 0 Å². The molecule has 0 amide bonds. The van der Waals surface area contributed by atoms with Crippen LogP contribution in [0.1, 0.15) is 0 Å². The SMILES string of the molecule is ISC=C1SCCS1. The summed E-state index contributed by atoms with van der Waals surface area (Å²) in [5.41, 5.74) is 0. The Kier molecular flexibility index (Phi) is 4.15. The Morgan fingerprint density at radius 3 is 2.62 bits per heavy atom. The molecule has 0 aromatic carbocycles. The van der Waals surface area contributed by atoms with Gasteiger partial charge in [-0.1, -0.05) is 8.93 Å². The first-order valence-electron chi connectivity index (χ1n) is 2.16. The van der Waals surface area contributed by atoms with Crippen LogP contribution in [0.3, 0.4) is 0 Å². The van der Waals surface area contributed by atoms with Crippen LogP contribution >= 0.6 is 53.7 Å². The Morgan fingerprint density at radius 1 is 1.50 bits per heavy atom. The Hall–Kier alpha value is 1.52. The zero-order valence-corrected chi connectivity index (χ0v) is 8.70. The van der Waals surface area contributed by atoms with Crippen LogP contribution in [-0.4, -0.2) is 11.5 Å². The average Bonchev–Trinajstić information content (AvgIpc) is 2.19. The predicted molar refractivity (Wildman–Crippen MR) is 54.6 cm³/mol. The van der Waals surface area contributed by atoms with E-state index in [0.717, 1.165) is 0 Å². The standard InChI is InChI=1S/C4H5IS3/c5-8-3-4-6-1-2-7-4/h3H,1-2H2. The molecule has 0 atom stereocenters. The highest BCUT2D eigenvalue weighted by molar-refractivity contribution is 14.2. The lowest BCUT2D eigenvalue weighted by Crippen LogP contribution is -1.64. The first-order chi connectivity index (χ1) is 3.93. The number of rotatable bonds is 1. The first kappa shape index (κ1) is 7.63. The van der Waals surface area contributed by atoms with Crippen molar-refractivity contribution in [1.82, 2.24) is 0 Å². The van der Waals surface area contributed by atoms with E-state index in [-0.39, 0.29) is 0 Å². The van der Waals surface area contributed by atoms with E-state index >= 15 is 0 Å². The van der Waals surface area contributed by atoms with Gasteiger partial charge in [0.15, 0.2) is 0 Å². The number of thioether (sulfide) groups is 2. The van der Waals surface area contributed by atoms with Crippen LogP contribution in [0.15, 0.2) is 9.65 Å². The van der Waals surface area contributed by atoms with Crippen LogP contribution in [-0.2, 0) is 0 Å². The summed E-state index contributed by atoms with van der Waals surface area (Å²) in [6.45, 7) is 0. The molecule has 0 unspecified atom stereocenters. The summed E-state index contributed by atoms with van der Waals surface area (Å²) in [5, 5.41) is 2.21. The van der Waals surface area contributed by atoms with Gasteiger partial charge in [0.1, 0.15) is 0 Å². The Bertz CT molecular complexity index is 93.5. The highest BCUT2D eigenvalue weighted by Gasteiger charge is 2.05. The summed E-state index contributed by atoms with van der Waals surface area (Å²) in [5.74, 6) is 2.60. The highest BCUT2D eigenvalue weighted by Crippen LogP contribution is 2.38. The Balaban J connectivity index is 2.33. The van der Waals surface area contributed by atoms with Gasteiger partial charge in [-0.15, -0.1) is 23.5 Å². The molecule has 46 valence electrons. The van der Waals surface area contributed by atoms with Crippen LogP contribution in [0.25, 0.3) is 0 Å². The molecule has 0 saturated carbocycles. The third kappa shape index (κ3) is 2.41. The van der Waals surface area contributed by atoms with E-state index in [1.165, 1.54) is 15.7 Å². The molecule has 0 nitrogen and oxygen atoms in total. The summed E-state index contributed by atoms with van der Waals surface area (Å²) in [6, 6.07) is 0. The molecule has 0 aromatic heterocycles. The summed E-state index contributed by atoms with van der Waals surface area (Å²) in [4.78, 5) is 0. The fourth-order valence-corrected chi connectivity index (χ4v) is 5.04. The van der Waals surface area contributed by atoms with Gasteiger partial charge in [-0.3, -0.25) is 0 Å². The lowest BCUT2D eigenvalue weighted by molar-refractivity contribution is 1.59. The van der Waals surface area contributed by atoms with E-state index in [1.807, 2.05) is 23.5 Å². The fraction of sp³-hybridized carbons (Fsp3) is 0.500. The second-order valence-corrected chi connectivity index (χ2v) is 5.69. The third-order valence-electron chi connectivity index (χ3n) is 0.713. The molecule has 1 saturated heterocycles. The van der Waals surface area contributed by atoms with Crippen LogP contribution < -0.4 is 0 Å². The van der Waals surface area contributed by atoms with Crippen molar-refractivity contribution in [2.45, 2.75) is 0 Å². The molecule has 0 bridgehead atoms. The minimum absolute atomic E-state index is 1.30. The maximum atomic E-state index is 2.29. The van der Waals surface area contributed by atoms with Gasteiger partial charge in [0.05, 0.1) is 0 Å². The summed E-state index contributed by atoms with van der Waals surface area (Å²) < 4.78 is 1.49. The van der Waals surface area contributed by atoms with E-state index in [2.05, 4.69) is 26.6 Å². The molecule has 1 fully saturated rings. The zero-order valence-electron chi connectivity index (χ0n) is 4.09. The molecule has 1 aliphatic heterocycles. The lowest BCUT2D eigenvalue weighted by Gasteiger charge is -1.86. The topological polar surface area (TPSA) is 0 Å². The van der Waals surface area contributed by atoms with Gasteiger partial charge in [-0.05, 0) is 0 Å². The molecule has 0 aliphatic carbocycles. The van der Waals surface area contributed by atoms with E-state index in [4.69, 9.17) is 0 Å². The van der Waals surface area contributed by atoms with Crippen LogP contribution in [0.5, 0.6) is 0 Å². The molecular formula is C4H5IS3. The molecule has 0 spiro atoms. The van der Waals surface area contributed by atoms with Gasteiger partial charge in [0, 0.05) is 42.4 Å². The second kappa shape index (κ2) is 4.35. The summed E-state index contributed by atoms with van der Waals surface area (Å²) in [6.07, 6.45) is 0. The monoisotopic (exact) mass is 276 g/mol. The first-order valence-corrected chi connectivity index (χ1v) is 7.56. The molecule has 0 N–H and O–H groups in total. The van der Waals surface area contributed by atoms with Crippen LogP contribution in [0, 0.1) is 0 Å². The van der Waals surface area contributed by atoms with Crippen LogP contribution in [0.4, 0.5) is 0 Å². The van der Waals surface area contributed by atoms with E-state index in [1.54, 1.807) is 8.93 Å². The van der Waals surface area contributed by atoms with E-state index in [9.17, 15) is 0 Å². The second-order valence-electron chi connectivity index (χ2n) is 1.22. The molecule has 0 aromatic rings.